The van der Waals surface area contributed by atoms with E-state index in [1.807, 2.05) is 0 Å². The molecule has 0 atom stereocenters. The van der Waals surface area contributed by atoms with Crippen molar-refractivity contribution in [2.75, 3.05) is 13.1 Å². The number of rotatable bonds is 1. The lowest BCUT2D eigenvalue weighted by molar-refractivity contribution is -0.114. The van der Waals surface area contributed by atoms with Gasteiger partial charge in [0.15, 0.2) is 16.4 Å². The van der Waals surface area contributed by atoms with Crippen molar-refractivity contribution in [3.8, 4) is 0 Å². The van der Waals surface area contributed by atoms with Crippen molar-refractivity contribution in [1.29, 1.82) is 5.41 Å². The lowest BCUT2D eigenvalue weighted by Crippen LogP contribution is -2.35. The van der Waals surface area contributed by atoms with Gasteiger partial charge in [0.2, 0.25) is 5.17 Å². The van der Waals surface area contributed by atoms with E-state index in [4.69, 9.17) is 9.83 Å². The molecule has 1 fully saturated rings. The Morgan fingerprint density at radius 3 is 2.75 bits per heavy atom. The third-order valence-corrected chi connectivity index (χ3v) is 5.80. The third-order valence-electron chi connectivity index (χ3n) is 4.83. The maximum Gasteiger partial charge on any atom is 0.283 e. The van der Waals surface area contributed by atoms with E-state index in [0.717, 1.165) is 31.1 Å². The zero-order chi connectivity index (χ0) is 19.3. The van der Waals surface area contributed by atoms with Crippen LogP contribution in [-0.4, -0.2) is 45.1 Å². The normalized spacial score (nSPS) is 20.8. The molecule has 3 aliphatic rings. The number of nitrogens with one attached hydrogen (secondary N) is 1. The summed E-state index contributed by atoms with van der Waals surface area (Å²) in [5.74, 6) is -0.654. The maximum atomic E-state index is 12.7. The average Bonchev–Trinajstić information content (AvgIpc) is 3.36. The number of para-hydroxylation sites is 1. The van der Waals surface area contributed by atoms with Crippen LogP contribution in [0.25, 0.3) is 17.0 Å². The minimum Gasteiger partial charge on any atom is -0.463 e. The minimum atomic E-state index is -0.561. The molecule has 2 aromatic rings. The van der Waals surface area contributed by atoms with Gasteiger partial charge >= 0.3 is 0 Å². The molecule has 28 heavy (non-hydrogen) atoms. The SMILES string of the molecule is N=C1C(=Cc2coc3ccccc3c2=O)C(=O)N=C2SC(N3CCCC3)=NN12. The zero-order valence-corrected chi connectivity index (χ0v) is 15.5. The van der Waals surface area contributed by atoms with Gasteiger partial charge in [-0.15, -0.1) is 5.10 Å². The molecule has 8 nitrogen and oxygen atoms in total. The van der Waals surface area contributed by atoms with Crippen LogP contribution in [0.4, 0.5) is 0 Å². The summed E-state index contributed by atoms with van der Waals surface area (Å²) in [5.41, 5.74) is 0.414. The number of thioether (sulfide) groups is 1. The van der Waals surface area contributed by atoms with Crippen LogP contribution in [-0.2, 0) is 4.79 Å². The largest absolute Gasteiger partial charge is 0.463 e. The van der Waals surface area contributed by atoms with E-state index in [9.17, 15) is 9.59 Å². The first-order valence-electron chi connectivity index (χ1n) is 8.87. The molecule has 140 valence electrons. The Balaban J connectivity index is 1.53. The van der Waals surface area contributed by atoms with Crippen LogP contribution in [0.3, 0.4) is 0 Å². The highest BCUT2D eigenvalue weighted by atomic mass is 32.2. The summed E-state index contributed by atoms with van der Waals surface area (Å²) in [4.78, 5) is 31.4. The average molecular weight is 393 g/mol. The van der Waals surface area contributed by atoms with Gasteiger partial charge in [-0.1, -0.05) is 12.1 Å². The van der Waals surface area contributed by atoms with Gasteiger partial charge in [-0.25, -0.2) is 0 Å². The Kier molecular flexibility index (Phi) is 3.90. The summed E-state index contributed by atoms with van der Waals surface area (Å²) < 4.78 is 5.49. The van der Waals surface area contributed by atoms with Crippen molar-refractivity contribution in [2.24, 2.45) is 10.1 Å². The van der Waals surface area contributed by atoms with E-state index in [1.54, 1.807) is 24.3 Å². The maximum absolute atomic E-state index is 12.7. The molecule has 0 bridgehead atoms. The van der Waals surface area contributed by atoms with Gasteiger partial charge in [-0.05, 0) is 42.8 Å². The highest BCUT2D eigenvalue weighted by molar-refractivity contribution is 8.26. The summed E-state index contributed by atoms with van der Waals surface area (Å²) in [6.07, 6.45) is 4.86. The molecule has 1 N–H and O–H groups in total. The monoisotopic (exact) mass is 393 g/mol. The predicted octanol–water partition coefficient (Wildman–Crippen LogP) is 2.47. The number of carbonyl (C=O) groups excluding carboxylic acids is 1. The summed E-state index contributed by atoms with van der Waals surface area (Å²) in [7, 11) is 0. The van der Waals surface area contributed by atoms with Crippen LogP contribution >= 0.6 is 11.8 Å². The van der Waals surface area contributed by atoms with E-state index in [0.29, 0.717) is 16.1 Å². The number of aliphatic imine (C=N–C) groups is 1. The molecule has 0 spiro atoms. The van der Waals surface area contributed by atoms with Crippen molar-refractivity contribution < 1.29 is 9.21 Å². The molecule has 3 aliphatic heterocycles. The summed E-state index contributed by atoms with van der Waals surface area (Å²) in [6, 6.07) is 6.89. The lowest BCUT2D eigenvalue weighted by atomic mass is 10.1. The molecule has 1 amide bonds. The highest BCUT2D eigenvalue weighted by Crippen LogP contribution is 2.30. The molecule has 1 aromatic carbocycles. The van der Waals surface area contributed by atoms with Gasteiger partial charge in [-0.3, -0.25) is 15.0 Å². The van der Waals surface area contributed by atoms with E-state index in [2.05, 4.69) is 15.0 Å². The van der Waals surface area contributed by atoms with Gasteiger partial charge in [0.05, 0.1) is 16.5 Å². The smallest absolute Gasteiger partial charge is 0.283 e. The van der Waals surface area contributed by atoms with E-state index in [-0.39, 0.29) is 22.4 Å². The van der Waals surface area contributed by atoms with Crippen LogP contribution in [0.2, 0.25) is 0 Å². The van der Waals surface area contributed by atoms with Crippen molar-refractivity contribution in [1.82, 2.24) is 9.91 Å². The zero-order valence-electron chi connectivity index (χ0n) is 14.7. The van der Waals surface area contributed by atoms with Crippen molar-refractivity contribution in [2.45, 2.75) is 12.8 Å². The van der Waals surface area contributed by atoms with E-state index >= 15 is 0 Å². The van der Waals surface area contributed by atoms with Gasteiger partial charge in [0.25, 0.3) is 5.91 Å². The number of fused-ring (bicyclic) bond motifs is 2. The fraction of sp³-hybridized carbons (Fsp3) is 0.211. The Morgan fingerprint density at radius 2 is 1.93 bits per heavy atom. The molecule has 0 radical (unpaired) electrons. The van der Waals surface area contributed by atoms with Crippen LogP contribution in [0.5, 0.6) is 0 Å². The fourth-order valence-corrected chi connectivity index (χ4v) is 4.31. The van der Waals surface area contributed by atoms with Crippen LogP contribution in [0.15, 0.2) is 55.4 Å². The van der Waals surface area contributed by atoms with Gasteiger partial charge in [-0.2, -0.15) is 10.0 Å². The first-order chi connectivity index (χ1) is 13.6. The molecule has 0 unspecified atom stereocenters. The number of hydrogen-bond acceptors (Lipinski definition) is 7. The second-order valence-corrected chi connectivity index (χ2v) is 7.55. The summed E-state index contributed by atoms with van der Waals surface area (Å²) in [5, 5.41) is 15.8. The van der Waals surface area contributed by atoms with E-state index in [1.165, 1.54) is 29.1 Å². The summed E-state index contributed by atoms with van der Waals surface area (Å²) >= 11 is 1.30. The van der Waals surface area contributed by atoms with Crippen molar-refractivity contribution in [3.05, 3.63) is 51.9 Å². The number of likely N-dealkylation sites (tertiary alicyclic amines) is 1. The topological polar surface area (TPSA) is 102 Å². The molecular weight excluding hydrogens is 378 g/mol. The molecule has 1 aromatic heterocycles. The molecule has 5 rings (SSSR count). The number of amides is 1. The van der Waals surface area contributed by atoms with Crippen LogP contribution < -0.4 is 5.43 Å². The number of nitrogens with zero attached hydrogens (tertiary/aromatic N) is 4. The number of hydrazone groups is 1. The van der Waals surface area contributed by atoms with Crippen LogP contribution in [0, 0.1) is 5.41 Å². The minimum absolute atomic E-state index is 0.0124. The number of amidine groups is 3. The first-order valence-corrected chi connectivity index (χ1v) is 9.69. The number of benzene rings is 1. The Morgan fingerprint density at radius 1 is 1.14 bits per heavy atom. The first kappa shape index (κ1) is 16.9. The van der Waals surface area contributed by atoms with Crippen molar-refractivity contribution >= 4 is 50.9 Å². The standard InChI is InChI=1S/C19H15N5O3S/c20-16-13(9-11-10-27-14-6-2-1-5-12(14)15(11)25)17(26)21-18-24(16)22-19(28-18)23-7-3-4-8-23/h1-2,5-6,9-10,20H,3-4,7-8H2. The summed E-state index contributed by atoms with van der Waals surface area (Å²) in [6.45, 7) is 1.82. The third kappa shape index (κ3) is 2.66. The molecular formula is C19H15N5O3S. The molecule has 1 saturated heterocycles. The van der Waals surface area contributed by atoms with Gasteiger partial charge in [0, 0.05) is 13.1 Å². The highest BCUT2D eigenvalue weighted by Gasteiger charge is 2.37. The van der Waals surface area contributed by atoms with E-state index < -0.39 is 5.91 Å². The van der Waals surface area contributed by atoms with Gasteiger partial charge < -0.3 is 9.32 Å². The Hall–Kier alpha value is -3.20. The molecule has 9 heteroatoms. The molecule has 0 saturated carbocycles. The van der Waals surface area contributed by atoms with Crippen molar-refractivity contribution in [3.63, 3.8) is 0 Å². The fourth-order valence-electron chi connectivity index (χ4n) is 3.37. The lowest BCUT2D eigenvalue weighted by Gasteiger charge is -2.19. The molecule has 4 heterocycles. The second kappa shape index (κ2) is 6.45. The second-order valence-electron chi connectivity index (χ2n) is 6.61. The van der Waals surface area contributed by atoms with Gasteiger partial charge in [0.1, 0.15) is 11.8 Å². The predicted molar refractivity (Wildman–Crippen MR) is 108 cm³/mol. The Bertz CT molecular complexity index is 1170. The molecule has 0 aliphatic carbocycles. The van der Waals surface area contributed by atoms with Crippen LogP contribution in [0.1, 0.15) is 18.4 Å². The Labute approximate surface area is 163 Å². The number of carbonyl (C=O) groups is 1. The quantitative estimate of drug-likeness (QED) is 0.747. The number of hydrogen-bond donors (Lipinski definition) is 1.